The fourth-order valence-electron chi connectivity index (χ4n) is 2.27. The Morgan fingerprint density at radius 1 is 1.17 bits per heavy atom. The van der Waals surface area contributed by atoms with Crippen molar-refractivity contribution in [2.45, 2.75) is 17.0 Å². The van der Waals surface area contributed by atoms with Gasteiger partial charge in [0.05, 0.1) is 11.4 Å². The molecule has 0 radical (unpaired) electrons. The quantitative estimate of drug-likeness (QED) is 0.516. The predicted octanol–water partition coefficient (Wildman–Crippen LogP) is 4.45. The molecule has 1 aromatic carbocycles. The van der Waals surface area contributed by atoms with Gasteiger partial charge < -0.3 is 0 Å². The van der Waals surface area contributed by atoms with E-state index in [0.29, 0.717) is 0 Å². The molecular formula is C17H14N4S2. The van der Waals surface area contributed by atoms with Crippen LogP contribution in [0.25, 0.3) is 17.0 Å². The second-order valence-electron chi connectivity index (χ2n) is 5.21. The maximum atomic E-state index is 4.71. The molecule has 6 heteroatoms. The molecule has 0 atom stereocenters. The van der Waals surface area contributed by atoms with Gasteiger partial charge in [-0.1, -0.05) is 41.6 Å². The summed E-state index contributed by atoms with van der Waals surface area (Å²) in [6, 6.07) is 10.4. The van der Waals surface area contributed by atoms with Crippen LogP contribution in [-0.4, -0.2) is 19.4 Å². The first-order chi connectivity index (χ1) is 11.3. The molecule has 0 amide bonds. The Labute approximate surface area is 142 Å². The van der Waals surface area contributed by atoms with Crippen molar-refractivity contribution >= 4 is 28.9 Å². The average Bonchev–Trinajstić information content (AvgIpc) is 3.20. The van der Waals surface area contributed by atoms with Crippen molar-refractivity contribution < 1.29 is 0 Å². The van der Waals surface area contributed by atoms with Gasteiger partial charge in [0.25, 0.3) is 0 Å². The van der Waals surface area contributed by atoms with Crippen LogP contribution in [0.2, 0.25) is 0 Å². The number of rotatable bonds is 4. The summed E-state index contributed by atoms with van der Waals surface area (Å²) < 4.78 is 3.00. The molecule has 3 heterocycles. The second kappa shape index (κ2) is 6.14. The molecule has 4 rings (SSSR count). The number of thioether (sulfide) groups is 1. The van der Waals surface area contributed by atoms with Gasteiger partial charge >= 0.3 is 0 Å². The number of fused-ring (bicyclic) bond motifs is 1. The molecular weight excluding hydrogens is 324 g/mol. The number of aryl methyl sites for hydroxylation is 1. The Balaban J connectivity index is 1.48. The van der Waals surface area contributed by atoms with E-state index in [1.54, 1.807) is 29.3 Å². The molecule has 4 nitrogen and oxygen atoms in total. The maximum Gasteiger partial charge on any atom is 0.233 e. The summed E-state index contributed by atoms with van der Waals surface area (Å²) in [4.78, 5) is 13.5. The molecule has 0 aliphatic rings. The molecule has 0 aliphatic heterocycles. The Hall–Kier alpha value is -2.18. The molecule has 0 aliphatic carbocycles. The Morgan fingerprint density at radius 3 is 2.87 bits per heavy atom. The molecule has 0 N–H and O–H groups in total. The summed E-state index contributed by atoms with van der Waals surface area (Å²) in [6.45, 7) is 2.09. The van der Waals surface area contributed by atoms with Gasteiger partial charge in [-0.25, -0.2) is 15.0 Å². The lowest BCUT2D eigenvalue weighted by Gasteiger charge is -1.97. The monoisotopic (exact) mass is 338 g/mol. The van der Waals surface area contributed by atoms with Gasteiger partial charge in [-0.15, -0.1) is 11.3 Å². The summed E-state index contributed by atoms with van der Waals surface area (Å²) in [6.07, 6.45) is 5.74. The molecule has 0 saturated carbocycles. The van der Waals surface area contributed by atoms with Crippen LogP contribution in [0.3, 0.4) is 0 Å². The Morgan fingerprint density at radius 2 is 2.04 bits per heavy atom. The van der Waals surface area contributed by atoms with E-state index >= 15 is 0 Å². The first-order valence-corrected chi connectivity index (χ1v) is 9.08. The zero-order valence-electron chi connectivity index (χ0n) is 12.5. The molecule has 23 heavy (non-hydrogen) atoms. The van der Waals surface area contributed by atoms with E-state index in [1.807, 2.05) is 22.9 Å². The van der Waals surface area contributed by atoms with Crippen LogP contribution >= 0.6 is 23.1 Å². The minimum atomic E-state index is 0.739. The van der Waals surface area contributed by atoms with Gasteiger partial charge in [0.2, 0.25) is 5.78 Å². The van der Waals surface area contributed by atoms with Crippen molar-refractivity contribution in [2.24, 2.45) is 0 Å². The summed E-state index contributed by atoms with van der Waals surface area (Å²) in [5.41, 5.74) is 4.48. The van der Waals surface area contributed by atoms with Crippen molar-refractivity contribution in [3.63, 3.8) is 0 Å². The van der Waals surface area contributed by atoms with Crippen molar-refractivity contribution in [3.8, 4) is 11.3 Å². The molecule has 0 bridgehead atoms. The summed E-state index contributed by atoms with van der Waals surface area (Å²) in [7, 11) is 0. The number of nitrogens with zero attached hydrogens (tertiary/aromatic N) is 4. The van der Waals surface area contributed by atoms with E-state index in [2.05, 4.69) is 46.5 Å². The van der Waals surface area contributed by atoms with Crippen LogP contribution in [-0.2, 0) is 5.75 Å². The second-order valence-corrected chi connectivity index (χ2v) is 7.29. The van der Waals surface area contributed by atoms with E-state index < -0.39 is 0 Å². The largest absolute Gasteiger partial charge is 0.291 e. The molecule has 0 unspecified atom stereocenters. The molecule has 3 aromatic heterocycles. The third-order valence-electron chi connectivity index (χ3n) is 3.46. The zero-order valence-corrected chi connectivity index (χ0v) is 14.1. The van der Waals surface area contributed by atoms with E-state index in [9.17, 15) is 0 Å². The minimum Gasteiger partial charge on any atom is -0.291 e. The van der Waals surface area contributed by atoms with E-state index in [1.165, 1.54) is 5.56 Å². The Kier molecular flexibility index (Phi) is 3.85. The fraction of sp³-hybridized carbons (Fsp3) is 0.118. The highest BCUT2D eigenvalue weighted by Crippen LogP contribution is 2.30. The number of thiazole rings is 1. The van der Waals surface area contributed by atoms with Gasteiger partial charge in [0, 0.05) is 35.3 Å². The summed E-state index contributed by atoms with van der Waals surface area (Å²) >= 11 is 3.39. The van der Waals surface area contributed by atoms with Gasteiger partial charge in [-0.05, 0) is 13.0 Å². The van der Waals surface area contributed by atoms with Crippen molar-refractivity contribution in [1.29, 1.82) is 0 Å². The third-order valence-corrected chi connectivity index (χ3v) is 5.51. The number of hydrogen-bond acceptors (Lipinski definition) is 5. The van der Waals surface area contributed by atoms with Crippen LogP contribution in [0.15, 0.2) is 58.6 Å². The lowest BCUT2D eigenvalue weighted by Crippen LogP contribution is -1.83. The smallest absolute Gasteiger partial charge is 0.233 e. The minimum absolute atomic E-state index is 0.739. The standard InChI is InChI=1S/C17H14N4S2/c1-12-3-5-13(6-4-12)15-11-23-17(20-15)22-10-14-9-21-8-2-7-18-16(21)19-14/h2-9,11H,10H2,1H3. The lowest BCUT2D eigenvalue weighted by atomic mass is 10.1. The van der Waals surface area contributed by atoms with E-state index in [4.69, 9.17) is 4.98 Å². The van der Waals surface area contributed by atoms with Crippen LogP contribution in [0, 0.1) is 6.92 Å². The topological polar surface area (TPSA) is 43.1 Å². The van der Waals surface area contributed by atoms with Gasteiger partial charge in [0.15, 0.2) is 4.34 Å². The third kappa shape index (κ3) is 3.13. The first-order valence-electron chi connectivity index (χ1n) is 7.22. The van der Waals surface area contributed by atoms with Gasteiger partial charge in [0.1, 0.15) is 0 Å². The molecule has 114 valence electrons. The average molecular weight is 338 g/mol. The highest BCUT2D eigenvalue weighted by atomic mass is 32.2. The molecule has 4 aromatic rings. The van der Waals surface area contributed by atoms with Crippen molar-refractivity contribution in [2.75, 3.05) is 0 Å². The summed E-state index contributed by atoms with van der Waals surface area (Å²) in [5, 5.41) is 2.11. The molecule has 0 spiro atoms. The number of hydrogen-bond donors (Lipinski definition) is 0. The van der Waals surface area contributed by atoms with Crippen molar-refractivity contribution in [3.05, 3.63) is 65.6 Å². The SMILES string of the molecule is Cc1ccc(-c2csc(SCc3cn4cccnc4n3)n2)cc1. The summed E-state index contributed by atoms with van der Waals surface area (Å²) in [5.74, 6) is 1.53. The Bertz CT molecular complexity index is 908. The van der Waals surface area contributed by atoms with Crippen LogP contribution in [0.4, 0.5) is 0 Å². The van der Waals surface area contributed by atoms with Crippen molar-refractivity contribution in [1.82, 2.24) is 19.4 Å². The number of imidazole rings is 1. The van der Waals surface area contributed by atoms with Gasteiger partial charge in [-0.3, -0.25) is 4.40 Å². The highest BCUT2D eigenvalue weighted by molar-refractivity contribution is 8.00. The van der Waals surface area contributed by atoms with Gasteiger partial charge in [-0.2, -0.15) is 0 Å². The van der Waals surface area contributed by atoms with E-state index in [-0.39, 0.29) is 0 Å². The molecule has 0 saturated heterocycles. The first kappa shape index (κ1) is 14.4. The maximum absolute atomic E-state index is 4.71. The lowest BCUT2D eigenvalue weighted by molar-refractivity contribution is 1.11. The predicted molar refractivity (Wildman–Crippen MR) is 94.8 cm³/mol. The van der Waals surface area contributed by atoms with Crippen LogP contribution < -0.4 is 0 Å². The fourth-order valence-corrected chi connectivity index (χ4v) is 3.98. The normalized spacial score (nSPS) is 11.2. The van der Waals surface area contributed by atoms with Crippen LogP contribution in [0.5, 0.6) is 0 Å². The molecule has 0 fully saturated rings. The number of aromatic nitrogens is 4. The van der Waals surface area contributed by atoms with E-state index in [0.717, 1.165) is 32.8 Å². The van der Waals surface area contributed by atoms with Crippen LogP contribution in [0.1, 0.15) is 11.3 Å². The number of benzene rings is 1. The zero-order chi connectivity index (χ0) is 15.6. The highest BCUT2D eigenvalue weighted by Gasteiger charge is 2.07.